The average molecular weight is 383 g/mol. The summed E-state index contributed by atoms with van der Waals surface area (Å²) in [5, 5.41) is 1.88. The molecule has 2 aliphatic carbocycles. The number of hydrogen-bond acceptors (Lipinski definition) is 0. The summed E-state index contributed by atoms with van der Waals surface area (Å²) in [5.74, 6) is 0.695. The van der Waals surface area contributed by atoms with Crippen LogP contribution < -0.4 is 0 Å². The van der Waals surface area contributed by atoms with E-state index in [4.69, 9.17) is 23.2 Å². The molecule has 26 heavy (non-hydrogen) atoms. The van der Waals surface area contributed by atoms with Gasteiger partial charge in [0.2, 0.25) is 0 Å². The zero-order valence-corrected chi connectivity index (χ0v) is 17.5. The van der Waals surface area contributed by atoms with Crippen molar-refractivity contribution in [2.75, 3.05) is 0 Å². The number of aryl methyl sites for hydroxylation is 4. The minimum Gasteiger partial charge on any atom is -0.0884 e. The first-order valence-corrected chi connectivity index (χ1v) is 10.0. The fraction of sp³-hybridized carbons (Fsp3) is 0.333. The smallest absolute Gasteiger partial charge is 0.0265 e. The number of rotatable bonds is 2. The molecule has 0 spiro atoms. The highest BCUT2D eigenvalue weighted by molar-refractivity contribution is 6.34. The van der Waals surface area contributed by atoms with Crippen molar-refractivity contribution >= 4 is 35.4 Å². The molecule has 0 amide bonds. The van der Waals surface area contributed by atoms with Crippen LogP contribution in [-0.2, 0) is 0 Å². The largest absolute Gasteiger partial charge is 0.0884 e. The highest BCUT2D eigenvalue weighted by atomic mass is 35.5. The van der Waals surface area contributed by atoms with Crippen LogP contribution in [0.15, 0.2) is 34.3 Å². The molecule has 2 heteroatoms. The summed E-state index contributed by atoms with van der Waals surface area (Å²) in [5.41, 5.74) is 10.6. The molecule has 0 saturated carbocycles. The molecular weight excluding hydrogens is 359 g/mol. The summed E-state index contributed by atoms with van der Waals surface area (Å²) in [6.45, 7) is 11.0. The molecule has 2 aromatic carbocycles. The molecule has 0 heterocycles. The van der Waals surface area contributed by atoms with Gasteiger partial charge in [-0.3, -0.25) is 0 Å². The third-order valence-electron chi connectivity index (χ3n) is 6.28. The molecule has 0 aromatic heterocycles. The zero-order valence-electron chi connectivity index (χ0n) is 16.0. The molecule has 2 atom stereocenters. The molecule has 2 unspecified atom stereocenters. The maximum Gasteiger partial charge on any atom is 0.0265 e. The van der Waals surface area contributed by atoms with Gasteiger partial charge in [-0.2, -0.15) is 0 Å². The van der Waals surface area contributed by atoms with Gasteiger partial charge >= 0.3 is 0 Å². The van der Waals surface area contributed by atoms with E-state index in [9.17, 15) is 0 Å². The summed E-state index contributed by atoms with van der Waals surface area (Å²) < 4.78 is 0. The van der Waals surface area contributed by atoms with Crippen molar-refractivity contribution in [3.63, 3.8) is 0 Å². The van der Waals surface area contributed by atoms with Gasteiger partial charge in [0.25, 0.3) is 0 Å². The maximum absolute atomic E-state index is 6.81. The monoisotopic (exact) mass is 382 g/mol. The maximum atomic E-state index is 6.81. The highest BCUT2D eigenvalue weighted by Crippen LogP contribution is 2.54. The van der Waals surface area contributed by atoms with E-state index in [1.165, 1.54) is 44.5 Å². The molecule has 2 aromatic rings. The van der Waals surface area contributed by atoms with Crippen LogP contribution in [0.4, 0.5) is 0 Å². The molecule has 0 nitrogen and oxygen atoms in total. The Labute approximate surface area is 166 Å². The van der Waals surface area contributed by atoms with Crippen LogP contribution in [0.5, 0.6) is 0 Å². The fourth-order valence-corrected chi connectivity index (χ4v) is 5.70. The summed E-state index contributed by atoms with van der Waals surface area (Å²) >= 11 is 13.6. The Bertz CT molecular complexity index is 899. The molecule has 0 N–H and O–H groups in total. The van der Waals surface area contributed by atoms with Crippen molar-refractivity contribution in [1.29, 1.82) is 0 Å². The Balaban J connectivity index is 1.84. The first-order chi connectivity index (χ1) is 12.3. The third kappa shape index (κ3) is 2.50. The second-order valence-electron chi connectivity index (χ2n) is 7.93. The zero-order chi connectivity index (χ0) is 18.7. The van der Waals surface area contributed by atoms with Gasteiger partial charge in [-0.1, -0.05) is 54.4 Å². The van der Waals surface area contributed by atoms with Crippen LogP contribution >= 0.6 is 23.2 Å². The molecule has 0 aliphatic heterocycles. The van der Waals surface area contributed by atoms with Gasteiger partial charge in [0, 0.05) is 21.9 Å². The van der Waals surface area contributed by atoms with Crippen molar-refractivity contribution in [1.82, 2.24) is 0 Å². The second-order valence-corrected chi connectivity index (χ2v) is 8.80. The van der Waals surface area contributed by atoms with Gasteiger partial charge in [0.05, 0.1) is 0 Å². The summed E-state index contributed by atoms with van der Waals surface area (Å²) in [6, 6.07) is 8.81. The second kappa shape index (κ2) is 6.29. The molecule has 0 radical (unpaired) electrons. The SMILES string of the molecule is Cc1ccc(C)c2c1C=C(Cl)C2C(C)C1C(Cl)=Cc2c(C)ccc(C)c21. The van der Waals surface area contributed by atoms with E-state index in [2.05, 4.69) is 71.0 Å². The molecule has 4 rings (SSSR count). The van der Waals surface area contributed by atoms with E-state index in [0.29, 0.717) is 5.92 Å². The minimum absolute atomic E-state index is 0.199. The standard InChI is InChI=1S/C24H24Cl2/c1-12-6-8-14(3)21-17(12)10-19(25)23(21)16(5)24-20(26)11-18-13(2)7-9-15(4)22(18)24/h6-11,16,23-24H,1-5H3. The number of benzene rings is 2. The Kier molecular flexibility index (Phi) is 4.33. The van der Waals surface area contributed by atoms with Crippen molar-refractivity contribution in [2.45, 2.75) is 46.5 Å². The van der Waals surface area contributed by atoms with Gasteiger partial charge < -0.3 is 0 Å². The van der Waals surface area contributed by atoms with Gasteiger partial charge in [0.1, 0.15) is 0 Å². The first-order valence-electron chi connectivity index (χ1n) is 9.25. The van der Waals surface area contributed by atoms with E-state index < -0.39 is 0 Å². The lowest BCUT2D eigenvalue weighted by molar-refractivity contribution is 0.470. The van der Waals surface area contributed by atoms with E-state index in [1.54, 1.807) is 0 Å². The number of fused-ring (bicyclic) bond motifs is 2. The Morgan fingerprint density at radius 3 is 1.38 bits per heavy atom. The number of allylic oxidation sites excluding steroid dienone is 2. The van der Waals surface area contributed by atoms with E-state index >= 15 is 0 Å². The van der Waals surface area contributed by atoms with Crippen LogP contribution in [0.2, 0.25) is 0 Å². The molecule has 0 saturated heterocycles. The van der Waals surface area contributed by atoms with Gasteiger partial charge in [0.15, 0.2) is 0 Å². The van der Waals surface area contributed by atoms with Gasteiger partial charge in [-0.25, -0.2) is 0 Å². The van der Waals surface area contributed by atoms with Crippen LogP contribution in [0.1, 0.15) is 63.3 Å². The van der Waals surface area contributed by atoms with Crippen LogP contribution in [0.25, 0.3) is 12.2 Å². The lowest BCUT2D eigenvalue weighted by Gasteiger charge is -2.30. The average Bonchev–Trinajstić information content (AvgIpc) is 3.13. The van der Waals surface area contributed by atoms with Crippen LogP contribution in [0, 0.1) is 33.6 Å². The fourth-order valence-electron chi connectivity index (χ4n) is 4.87. The quantitative estimate of drug-likeness (QED) is 0.501. The van der Waals surface area contributed by atoms with Crippen LogP contribution in [0.3, 0.4) is 0 Å². The third-order valence-corrected chi connectivity index (χ3v) is 6.97. The van der Waals surface area contributed by atoms with Gasteiger partial charge in [-0.15, -0.1) is 0 Å². The minimum atomic E-state index is 0.199. The molecule has 0 bridgehead atoms. The van der Waals surface area contributed by atoms with Crippen molar-refractivity contribution in [3.05, 3.63) is 78.8 Å². The molecule has 2 aliphatic rings. The number of halogens is 2. The van der Waals surface area contributed by atoms with Crippen molar-refractivity contribution < 1.29 is 0 Å². The predicted molar refractivity (Wildman–Crippen MR) is 114 cm³/mol. The van der Waals surface area contributed by atoms with E-state index in [0.717, 1.165) is 10.1 Å². The van der Waals surface area contributed by atoms with Crippen LogP contribution in [-0.4, -0.2) is 0 Å². The summed E-state index contributed by atoms with van der Waals surface area (Å²) in [4.78, 5) is 0. The Morgan fingerprint density at radius 2 is 1.00 bits per heavy atom. The Morgan fingerprint density at radius 1 is 0.654 bits per heavy atom. The highest BCUT2D eigenvalue weighted by Gasteiger charge is 2.40. The van der Waals surface area contributed by atoms with E-state index in [-0.39, 0.29) is 11.8 Å². The summed E-state index contributed by atoms with van der Waals surface area (Å²) in [7, 11) is 0. The molecule has 134 valence electrons. The number of hydrogen-bond donors (Lipinski definition) is 0. The van der Waals surface area contributed by atoms with Gasteiger partial charge in [-0.05, 0) is 90.3 Å². The first kappa shape index (κ1) is 17.9. The molecular formula is C24H24Cl2. The Hall–Kier alpha value is -1.50. The normalized spacial score (nSPS) is 22.0. The molecule has 0 fully saturated rings. The topological polar surface area (TPSA) is 0 Å². The van der Waals surface area contributed by atoms with Crippen molar-refractivity contribution in [3.8, 4) is 0 Å². The lowest BCUT2D eigenvalue weighted by atomic mass is 9.75. The lowest BCUT2D eigenvalue weighted by Crippen LogP contribution is -2.18. The summed E-state index contributed by atoms with van der Waals surface area (Å²) in [6.07, 6.45) is 4.33. The van der Waals surface area contributed by atoms with E-state index in [1.807, 2.05) is 0 Å². The van der Waals surface area contributed by atoms with Crippen molar-refractivity contribution in [2.24, 2.45) is 5.92 Å². The predicted octanol–water partition coefficient (Wildman–Crippen LogP) is 7.61.